The minimum atomic E-state index is -0.0404. The number of amides is 1. The van der Waals surface area contributed by atoms with Crippen LogP contribution in [0.5, 0.6) is 0 Å². The maximum atomic E-state index is 12.6. The number of hydrogen-bond acceptors (Lipinski definition) is 4. The molecule has 3 rings (SSSR count). The van der Waals surface area contributed by atoms with E-state index >= 15 is 0 Å². The van der Waals surface area contributed by atoms with E-state index in [9.17, 15) is 4.79 Å². The molecule has 2 aromatic heterocycles. The zero-order chi connectivity index (χ0) is 17.1. The van der Waals surface area contributed by atoms with Gasteiger partial charge >= 0.3 is 0 Å². The maximum Gasteiger partial charge on any atom is 0.255 e. The smallest absolute Gasteiger partial charge is 0.255 e. The molecule has 0 spiro atoms. The van der Waals surface area contributed by atoms with Crippen LogP contribution in [0.1, 0.15) is 29.4 Å². The fourth-order valence-corrected chi connectivity index (χ4v) is 3.40. The Kier molecular flexibility index (Phi) is 4.99. The van der Waals surface area contributed by atoms with Gasteiger partial charge in [0.1, 0.15) is 0 Å². The van der Waals surface area contributed by atoms with Gasteiger partial charge in [-0.1, -0.05) is 0 Å². The summed E-state index contributed by atoms with van der Waals surface area (Å²) >= 11 is 0. The van der Waals surface area contributed by atoms with Crippen LogP contribution in [-0.4, -0.2) is 57.1 Å². The molecule has 0 aromatic carbocycles. The second-order valence-corrected chi connectivity index (χ2v) is 6.95. The normalized spacial score (nSPS) is 18.4. The van der Waals surface area contributed by atoms with Gasteiger partial charge in [-0.2, -0.15) is 10.2 Å². The quantitative estimate of drug-likeness (QED) is 0.859. The van der Waals surface area contributed by atoms with E-state index in [0.717, 1.165) is 31.6 Å². The molecule has 2 aromatic rings. The van der Waals surface area contributed by atoms with Crippen molar-refractivity contribution in [2.24, 2.45) is 5.92 Å². The average molecular weight is 330 g/mol. The zero-order valence-corrected chi connectivity index (χ0v) is 14.6. The summed E-state index contributed by atoms with van der Waals surface area (Å²) in [6.45, 7) is 4.59. The standard InChI is InChI=1S/C17H26N6O/c1-13(11-22-7-4-6-18-22)20-17(24)15-10-19-23-8-5-14(9-16(15)23)12-21(2)3/h4,6-7,10,13-14H,5,8-9,11-12H2,1-3H3,(H,20,24)/t13-,14-/m0/s1. The molecule has 7 heteroatoms. The van der Waals surface area contributed by atoms with Crippen molar-refractivity contribution in [3.63, 3.8) is 0 Å². The lowest BCUT2D eigenvalue weighted by atomic mass is 9.94. The van der Waals surface area contributed by atoms with Gasteiger partial charge in [0.15, 0.2) is 0 Å². The highest BCUT2D eigenvalue weighted by atomic mass is 16.1. The Hall–Kier alpha value is -2.15. The molecule has 1 aliphatic heterocycles. The van der Waals surface area contributed by atoms with E-state index < -0.39 is 0 Å². The third-order valence-corrected chi connectivity index (χ3v) is 4.45. The van der Waals surface area contributed by atoms with Crippen molar-refractivity contribution in [2.75, 3.05) is 20.6 Å². The molecule has 1 N–H and O–H groups in total. The number of carbonyl (C=O) groups excluding carboxylic acids is 1. The number of hydrogen-bond donors (Lipinski definition) is 1. The van der Waals surface area contributed by atoms with Gasteiger partial charge in [0.05, 0.1) is 24.0 Å². The van der Waals surface area contributed by atoms with Gasteiger partial charge in [-0.05, 0) is 45.8 Å². The number of aromatic nitrogens is 4. The van der Waals surface area contributed by atoms with Crippen molar-refractivity contribution in [1.29, 1.82) is 0 Å². The number of nitrogens with one attached hydrogen (secondary N) is 1. The summed E-state index contributed by atoms with van der Waals surface area (Å²) < 4.78 is 3.81. The molecule has 1 amide bonds. The van der Waals surface area contributed by atoms with Gasteiger partial charge in [-0.15, -0.1) is 0 Å². The molecule has 24 heavy (non-hydrogen) atoms. The summed E-state index contributed by atoms with van der Waals surface area (Å²) in [4.78, 5) is 14.9. The lowest BCUT2D eigenvalue weighted by Crippen LogP contribution is -2.37. The van der Waals surface area contributed by atoms with Crippen LogP contribution in [0, 0.1) is 5.92 Å². The molecule has 7 nitrogen and oxygen atoms in total. The van der Waals surface area contributed by atoms with Crippen LogP contribution in [0.2, 0.25) is 0 Å². The molecular weight excluding hydrogens is 304 g/mol. The van der Waals surface area contributed by atoms with E-state index in [1.807, 2.05) is 28.6 Å². The molecule has 0 saturated heterocycles. The first-order valence-corrected chi connectivity index (χ1v) is 8.50. The summed E-state index contributed by atoms with van der Waals surface area (Å²) in [5.41, 5.74) is 1.78. The number of carbonyl (C=O) groups is 1. The first-order valence-electron chi connectivity index (χ1n) is 8.50. The molecule has 0 fully saturated rings. The van der Waals surface area contributed by atoms with Crippen LogP contribution < -0.4 is 5.32 Å². The summed E-state index contributed by atoms with van der Waals surface area (Å²) in [5, 5.41) is 11.6. The molecule has 0 radical (unpaired) electrons. The van der Waals surface area contributed by atoms with Gasteiger partial charge in [0.25, 0.3) is 5.91 Å². The highest BCUT2D eigenvalue weighted by Crippen LogP contribution is 2.23. The van der Waals surface area contributed by atoms with E-state index in [1.165, 1.54) is 0 Å². The topological polar surface area (TPSA) is 68.0 Å². The van der Waals surface area contributed by atoms with Crippen molar-refractivity contribution < 1.29 is 4.79 Å². The van der Waals surface area contributed by atoms with Gasteiger partial charge in [0.2, 0.25) is 0 Å². The molecule has 1 aliphatic rings. The van der Waals surface area contributed by atoms with Gasteiger partial charge < -0.3 is 10.2 Å². The summed E-state index contributed by atoms with van der Waals surface area (Å²) in [7, 11) is 4.19. The zero-order valence-electron chi connectivity index (χ0n) is 14.6. The first-order chi connectivity index (χ1) is 11.5. The molecular formula is C17H26N6O. The van der Waals surface area contributed by atoms with E-state index in [0.29, 0.717) is 18.0 Å². The van der Waals surface area contributed by atoms with Gasteiger partial charge in [0, 0.05) is 31.5 Å². The fraction of sp³-hybridized carbons (Fsp3) is 0.588. The molecule has 0 unspecified atom stereocenters. The Labute approximate surface area is 142 Å². The van der Waals surface area contributed by atoms with Crippen molar-refractivity contribution in [1.82, 2.24) is 29.8 Å². The highest BCUT2D eigenvalue weighted by Gasteiger charge is 2.26. The predicted octanol–water partition coefficient (Wildman–Crippen LogP) is 1.02. The molecule has 0 saturated carbocycles. The van der Waals surface area contributed by atoms with E-state index in [1.54, 1.807) is 12.4 Å². The number of aryl methyl sites for hydroxylation is 1. The molecule has 130 valence electrons. The van der Waals surface area contributed by atoms with Crippen LogP contribution in [-0.2, 0) is 19.5 Å². The summed E-state index contributed by atoms with van der Waals surface area (Å²) in [6, 6.07) is 1.89. The summed E-state index contributed by atoms with van der Waals surface area (Å²) in [5.74, 6) is 0.540. The van der Waals surface area contributed by atoms with Crippen molar-refractivity contribution in [3.05, 3.63) is 35.9 Å². The van der Waals surface area contributed by atoms with Crippen LogP contribution in [0.3, 0.4) is 0 Å². The Morgan fingerprint density at radius 1 is 1.46 bits per heavy atom. The predicted molar refractivity (Wildman–Crippen MR) is 91.7 cm³/mol. The third-order valence-electron chi connectivity index (χ3n) is 4.45. The number of rotatable bonds is 6. The van der Waals surface area contributed by atoms with Gasteiger partial charge in [-0.25, -0.2) is 0 Å². The second kappa shape index (κ2) is 7.17. The Balaban J connectivity index is 1.65. The van der Waals surface area contributed by atoms with Crippen molar-refractivity contribution in [3.8, 4) is 0 Å². The third kappa shape index (κ3) is 3.84. The fourth-order valence-electron chi connectivity index (χ4n) is 3.40. The minimum Gasteiger partial charge on any atom is -0.348 e. The Morgan fingerprint density at radius 3 is 3.00 bits per heavy atom. The van der Waals surface area contributed by atoms with Crippen molar-refractivity contribution in [2.45, 2.75) is 38.9 Å². The largest absolute Gasteiger partial charge is 0.348 e. The summed E-state index contributed by atoms with van der Waals surface area (Å²) in [6.07, 6.45) is 7.38. The highest BCUT2D eigenvalue weighted by molar-refractivity contribution is 5.95. The van der Waals surface area contributed by atoms with E-state index in [4.69, 9.17) is 0 Å². The van der Waals surface area contributed by atoms with Crippen LogP contribution in [0.25, 0.3) is 0 Å². The second-order valence-electron chi connectivity index (χ2n) is 6.95. The molecule has 0 bridgehead atoms. The van der Waals surface area contributed by atoms with Crippen molar-refractivity contribution >= 4 is 5.91 Å². The SMILES string of the molecule is C[C@@H](Cn1cccn1)NC(=O)c1cnn2c1C[C@@H](CN(C)C)CC2. The monoisotopic (exact) mass is 330 g/mol. The average Bonchev–Trinajstić information content (AvgIpc) is 3.15. The molecule has 2 atom stereocenters. The van der Waals surface area contributed by atoms with Crippen LogP contribution in [0.4, 0.5) is 0 Å². The Morgan fingerprint density at radius 2 is 2.29 bits per heavy atom. The first kappa shape index (κ1) is 16.7. The lowest BCUT2D eigenvalue weighted by Gasteiger charge is -2.26. The van der Waals surface area contributed by atoms with Gasteiger partial charge in [-0.3, -0.25) is 14.2 Å². The van der Waals surface area contributed by atoms with E-state index in [2.05, 4.69) is 34.5 Å². The van der Waals surface area contributed by atoms with Crippen LogP contribution in [0.15, 0.2) is 24.7 Å². The van der Waals surface area contributed by atoms with Crippen LogP contribution >= 0.6 is 0 Å². The molecule has 0 aliphatic carbocycles. The van der Waals surface area contributed by atoms with E-state index in [-0.39, 0.29) is 11.9 Å². The number of nitrogens with zero attached hydrogens (tertiary/aromatic N) is 5. The lowest BCUT2D eigenvalue weighted by molar-refractivity contribution is 0.0934. The maximum absolute atomic E-state index is 12.6. The number of fused-ring (bicyclic) bond motifs is 1. The molecule has 3 heterocycles. The Bertz CT molecular complexity index is 675. The minimum absolute atomic E-state index is 0.00844.